The zero-order chi connectivity index (χ0) is 12.5. The van der Waals surface area contributed by atoms with E-state index in [1.807, 2.05) is 0 Å². The third-order valence-electron chi connectivity index (χ3n) is 2.64. The maximum Gasteiger partial charge on any atom is 0.249 e. The maximum absolute atomic E-state index is 11.6. The summed E-state index contributed by atoms with van der Waals surface area (Å²) in [6.07, 6.45) is 1.29. The van der Waals surface area contributed by atoms with E-state index in [1.54, 1.807) is 7.11 Å². The first-order chi connectivity index (χ1) is 8.27. The number of nitrogens with two attached hydrogens (primary N) is 1. The molecule has 1 rings (SSSR count). The highest BCUT2D eigenvalue weighted by atomic mass is 16.5. The maximum atomic E-state index is 11.6. The fraction of sp³-hybridized carbons (Fsp3) is 0.909. The van der Waals surface area contributed by atoms with Gasteiger partial charge in [0.2, 0.25) is 5.91 Å². The van der Waals surface area contributed by atoms with Crippen molar-refractivity contribution in [1.29, 1.82) is 0 Å². The van der Waals surface area contributed by atoms with Crippen LogP contribution in [0.15, 0.2) is 0 Å². The Morgan fingerprint density at radius 1 is 1.41 bits per heavy atom. The van der Waals surface area contributed by atoms with Gasteiger partial charge in [-0.3, -0.25) is 4.79 Å². The zero-order valence-corrected chi connectivity index (χ0v) is 10.3. The monoisotopic (exact) mass is 246 g/mol. The third kappa shape index (κ3) is 5.45. The molecule has 2 atom stereocenters. The third-order valence-corrected chi connectivity index (χ3v) is 2.64. The van der Waals surface area contributed by atoms with Crippen molar-refractivity contribution in [1.82, 2.24) is 5.32 Å². The minimum atomic E-state index is -0.345. The van der Waals surface area contributed by atoms with Gasteiger partial charge < -0.3 is 25.3 Å². The van der Waals surface area contributed by atoms with Crippen molar-refractivity contribution >= 4 is 5.91 Å². The van der Waals surface area contributed by atoms with Crippen molar-refractivity contribution in [3.8, 4) is 0 Å². The number of hydrogen-bond acceptors (Lipinski definition) is 5. The van der Waals surface area contributed by atoms with Crippen molar-refractivity contribution in [2.45, 2.75) is 25.0 Å². The molecular formula is C11H22N2O4. The molecule has 1 amide bonds. The number of carbonyl (C=O) groups is 1. The van der Waals surface area contributed by atoms with Crippen molar-refractivity contribution in [3.63, 3.8) is 0 Å². The quantitative estimate of drug-likeness (QED) is 0.552. The Hall–Kier alpha value is -0.690. The van der Waals surface area contributed by atoms with Gasteiger partial charge in [0, 0.05) is 20.2 Å². The normalized spacial score (nSPS) is 23.9. The molecule has 0 saturated carbocycles. The summed E-state index contributed by atoms with van der Waals surface area (Å²) in [6, 6.07) is 0. The molecule has 1 saturated heterocycles. The fourth-order valence-corrected chi connectivity index (χ4v) is 1.68. The number of ether oxygens (including phenoxy) is 3. The van der Waals surface area contributed by atoms with E-state index in [9.17, 15) is 4.79 Å². The Kier molecular flexibility index (Phi) is 7.11. The van der Waals surface area contributed by atoms with Gasteiger partial charge in [0.05, 0.1) is 25.9 Å². The van der Waals surface area contributed by atoms with Gasteiger partial charge in [-0.15, -0.1) is 0 Å². The smallest absolute Gasteiger partial charge is 0.249 e. The van der Waals surface area contributed by atoms with Gasteiger partial charge in [0.15, 0.2) is 0 Å². The summed E-state index contributed by atoms with van der Waals surface area (Å²) in [5.74, 6) is -0.0729. The second-order valence-corrected chi connectivity index (χ2v) is 3.96. The Bertz CT molecular complexity index is 226. The summed E-state index contributed by atoms with van der Waals surface area (Å²) >= 11 is 0. The molecule has 1 aliphatic rings. The van der Waals surface area contributed by atoms with Crippen molar-refractivity contribution in [2.24, 2.45) is 5.73 Å². The van der Waals surface area contributed by atoms with Crippen LogP contribution in [0.2, 0.25) is 0 Å². The molecule has 1 fully saturated rings. The molecule has 0 bridgehead atoms. The first-order valence-corrected chi connectivity index (χ1v) is 5.98. The van der Waals surface area contributed by atoms with Gasteiger partial charge in [0.1, 0.15) is 6.10 Å². The van der Waals surface area contributed by atoms with Crippen LogP contribution in [0, 0.1) is 0 Å². The lowest BCUT2D eigenvalue weighted by Gasteiger charge is -2.12. The highest BCUT2D eigenvalue weighted by Crippen LogP contribution is 2.18. The van der Waals surface area contributed by atoms with Crippen LogP contribution in [-0.2, 0) is 19.0 Å². The van der Waals surface area contributed by atoms with Crippen LogP contribution >= 0.6 is 0 Å². The fourth-order valence-electron chi connectivity index (χ4n) is 1.68. The van der Waals surface area contributed by atoms with Crippen molar-refractivity contribution in [2.75, 3.05) is 40.0 Å². The molecule has 1 aliphatic heterocycles. The Labute approximate surface area is 102 Å². The SMILES string of the molecule is COCCOCCNC(=O)C1CCC(CN)O1. The van der Waals surface area contributed by atoms with Gasteiger partial charge in [-0.25, -0.2) is 0 Å². The van der Waals surface area contributed by atoms with Crippen LogP contribution in [0.5, 0.6) is 0 Å². The van der Waals surface area contributed by atoms with Crippen LogP contribution in [-0.4, -0.2) is 58.1 Å². The minimum absolute atomic E-state index is 0.0312. The van der Waals surface area contributed by atoms with Gasteiger partial charge in [0.25, 0.3) is 0 Å². The van der Waals surface area contributed by atoms with Gasteiger partial charge in [-0.05, 0) is 12.8 Å². The molecule has 0 aromatic heterocycles. The molecule has 0 aromatic carbocycles. The molecule has 0 radical (unpaired) electrons. The summed E-state index contributed by atoms with van der Waals surface area (Å²) < 4.78 is 15.5. The molecule has 100 valence electrons. The Balaban J connectivity index is 2.01. The van der Waals surface area contributed by atoms with Crippen LogP contribution in [0.4, 0.5) is 0 Å². The highest BCUT2D eigenvalue weighted by Gasteiger charge is 2.29. The molecule has 2 unspecified atom stereocenters. The first kappa shape index (κ1) is 14.4. The average molecular weight is 246 g/mol. The summed E-state index contributed by atoms with van der Waals surface area (Å²) in [7, 11) is 1.62. The molecular weight excluding hydrogens is 224 g/mol. The molecule has 0 aromatic rings. The van der Waals surface area contributed by atoms with Crippen LogP contribution in [0.3, 0.4) is 0 Å². The van der Waals surface area contributed by atoms with E-state index < -0.39 is 0 Å². The number of rotatable bonds is 8. The second kappa shape index (κ2) is 8.41. The minimum Gasteiger partial charge on any atom is -0.382 e. The molecule has 6 heteroatoms. The van der Waals surface area contributed by atoms with E-state index >= 15 is 0 Å². The Morgan fingerprint density at radius 2 is 2.24 bits per heavy atom. The molecule has 3 N–H and O–H groups in total. The first-order valence-electron chi connectivity index (χ1n) is 5.98. The van der Waals surface area contributed by atoms with Gasteiger partial charge in [-0.1, -0.05) is 0 Å². The number of nitrogens with one attached hydrogen (secondary N) is 1. The van der Waals surface area contributed by atoms with E-state index in [2.05, 4.69) is 5.32 Å². The summed E-state index contributed by atoms with van der Waals surface area (Å²) in [6.45, 7) is 2.57. The standard InChI is InChI=1S/C11H22N2O4/c1-15-6-7-16-5-4-13-11(14)10-3-2-9(8-12)17-10/h9-10H,2-8,12H2,1H3,(H,13,14). The van der Waals surface area contributed by atoms with Crippen LogP contribution < -0.4 is 11.1 Å². The summed E-state index contributed by atoms with van der Waals surface area (Å²) in [5, 5.41) is 2.78. The molecule has 0 spiro atoms. The predicted octanol–water partition coefficient (Wildman–Crippen LogP) is -0.728. The van der Waals surface area contributed by atoms with E-state index in [4.69, 9.17) is 19.9 Å². The number of hydrogen-bond donors (Lipinski definition) is 2. The summed E-state index contributed by atoms with van der Waals surface area (Å²) in [4.78, 5) is 11.6. The summed E-state index contributed by atoms with van der Waals surface area (Å²) in [5.41, 5.74) is 5.48. The average Bonchev–Trinajstić information content (AvgIpc) is 2.82. The van der Waals surface area contributed by atoms with E-state index in [0.717, 1.165) is 12.8 Å². The zero-order valence-electron chi connectivity index (χ0n) is 10.3. The number of amides is 1. The lowest BCUT2D eigenvalue weighted by Crippen LogP contribution is -2.37. The topological polar surface area (TPSA) is 82.8 Å². The van der Waals surface area contributed by atoms with E-state index in [0.29, 0.717) is 32.9 Å². The molecule has 6 nitrogen and oxygen atoms in total. The van der Waals surface area contributed by atoms with Gasteiger partial charge >= 0.3 is 0 Å². The Morgan fingerprint density at radius 3 is 2.88 bits per heavy atom. The lowest BCUT2D eigenvalue weighted by molar-refractivity contribution is -0.132. The highest BCUT2D eigenvalue weighted by molar-refractivity contribution is 5.80. The predicted molar refractivity (Wildman–Crippen MR) is 62.7 cm³/mol. The molecule has 1 heterocycles. The lowest BCUT2D eigenvalue weighted by atomic mass is 10.2. The largest absolute Gasteiger partial charge is 0.382 e. The molecule has 17 heavy (non-hydrogen) atoms. The van der Waals surface area contributed by atoms with Crippen LogP contribution in [0.1, 0.15) is 12.8 Å². The van der Waals surface area contributed by atoms with E-state index in [-0.39, 0.29) is 18.1 Å². The van der Waals surface area contributed by atoms with Crippen molar-refractivity contribution < 1.29 is 19.0 Å². The second-order valence-electron chi connectivity index (χ2n) is 3.96. The number of carbonyl (C=O) groups excluding carboxylic acids is 1. The molecule has 0 aliphatic carbocycles. The van der Waals surface area contributed by atoms with E-state index in [1.165, 1.54) is 0 Å². The van der Waals surface area contributed by atoms with Crippen molar-refractivity contribution in [3.05, 3.63) is 0 Å². The van der Waals surface area contributed by atoms with Crippen LogP contribution in [0.25, 0.3) is 0 Å². The number of methoxy groups -OCH3 is 1. The van der Waals surface area contributed by atoms with Gasteiger partial charge in [-0.2, -0.15) is 0 Å².